The fourth-order valence-electron chi connectivity index (χ4n) is 2.48. The minimum Gasteiger partial charge on any atom is -0.380 e. The van der Waals surface area contributed by atoms with Crippen molar-refractivity contribution in [1.29, 1.82) is 0 Å². The highest BCUT2D eigenvalue weighted by atomic mass is 35.5. The lowest BCUT2D eigenvalue weighted by Crippen LogP contribution is -2.41. The second-order valence-corrected chi connectivity index (χ2v) is 6.27. The number of nitrogens with one attached hydrogen (secondary N) is 2. The predicted molar refractivity (Wildman–Crippen MR) is 83.6 cm³/mol. The summed E-state index contributed by atoms with van der Waals surface area (Å²) in [5, 5.41) is 4.79. The van der Waals surface area contributed by atoms with Gasteiger partial charge < -0.3 is 15.0 Å². The summed E-state index contributed by atoms with van der Waals surface area (Å²) in [6.45, 7) is 5.81. The lowest BCUT2D eigenvalue weighted by Gasteiger charge is -2.24. The number of hydrogen-bond acceptors (Lipinski definition) is 2. The van der Waals surface area contributed by atoms with Gasteiger partial charge in [0.2, 0.25) is 5.91 Å². The van der Waals surface area contributed by atoms with E-state index in [4.69, 9.17) is 16.3 Å². The minimum absolute atomic E-state index is 0.0105. The van der Waals surface area contributed by atoms with E-state index in [1.807, 2.05) is 12.1 Å². The molecule has 3 rings (SSSR count). The topological polar surface area (TPSA) is 54.1 Å². The van der Waals surface area contributed by atoms with Gasteiger partial charge >= 0.3 is 0 Å². The summed E-state index contributed by atoms with van der Waals surface area (Å²) in [6, 6.07) is 6.10. The molecule has 2 aromatic rings. The number of carbonyl (C=O) groups is 1. The van der Waals surface area contributed by atoms with Crippen molar-refractivity contribution < 1.29 is 9.53 Å². The minimum atomic E-state index is 0.0105. The number of rotatable bonds is 4. The molecule has 1 aliphatic heterocycles. The van der Waals surface area contributed by atoms with E-state index in [0.29, 0.717) is 25.7 Å². The van der Waals surface area contributed by atoms with E-state index in [2.05, 4.69) is 30.2 Å². The average molecular weight is 307 g/mol. The van der Waals surface area contributed by atoms with E-state index in [1.54, 1.807) is 0 Å². The van der Waals surface area contributed by atoms with Gasteiger partial charge in [-0.3, -0.25) is 4.79 Å². The highest BCUT2D eigenvalue weighted by Gasteiger charge is 2.26. The van der Waals surface area contributed by atoms with E-state index in [9.17, 15) is 4.79 Å². The van der Waals surface area contributed by atoms with Crippen LogP contribution in [0.25, 0.3) is 10.9 Å². The Morgan fingerprint density at radius 2 is 2.19 bits per heavy atom. The highest BCUT2D eigenvalue weighted by molar-refractivity contribution is 6.32. The SMILES string of the molecule is CC(C)c1cc2[nH]c(CNC(=O)C3COC3)cc2cc1Cl. The summed E-state index contributed by atoms with van der Waals surface area (Å²) in [5.74, 6) is 0.448. The Bertz CT molecular complexity index is 674. The van der Waals surface area contributed by atoms with Gasteiger partial charge in [0, 0.05) is 21.6 Å². The maximum Gasteiger partial charge on any atom is 0.228 e. The van der Waals surface area contributed by atoms with Crippen molar-refractivity contribution in [3.8, 4) is 0 Å². The first kappa shape index (κ1) is 14.4. The molecule has 1 amide bonds. The summed E-state index contributed by atoms with van der Waals surface area (Å²) in [4.78, 5) is 15.1. The van der Waals surface area contributed by atoms with Crippen LogP contribution in [0.2, 0.25) is 5.02 Å². The molecule has 2 N–H and O–H groups in total. The standard InChI is InChI=1S/C16H19ClN2O2/c1-9(2)13-5-15-10(4-14(13)17)3-12(19-15)6-18-16(20)11-7-21-8-11/h3-5,9,11,19H,6-8H2,1-2H3,(H,18,20). The van der Waals surface area contributed by atoms with Gasteiger partial charge in [-0.25, -0.2) is 0 Å². The van der Waals surface area contributed by atoms with Crippen molar-refractivity contribution in [2.75, 3.05) is 13.2 Å². The largest absolute Gasteiger partial charge is 0.380 e. The monoisotopic (exact) mass is 306 g/mol. The molecule has 4 nitrogen and oxygen atoms in total. The van der Waals surface area contributed by atoms with E-state index < -0.39 is 0 Å². The molecule has 1 saturated heterocycles. The molecular formula is C16H19ClN2O2. The van der Waals surface area contributed by atoms with Gasteiger partial charge in [0.15, 0.2) is 0 Å². The Balaban J connectivity index is 1.75. The number of halogens is 1. The number of hydrogen-bond donors (Lipinski definition) is 2. The fourth-order valence-corrected chi connectivity index (χ4v) is 2.87. The van der Waals surface area contributed by atoms with Crippen molar-refractivity contribution in [3.05, 3.63) is 34.5 Å². The van der Waals surface area contributed by atoms with Gasteiger partial charge in [0.25, 0.3) is 0 Å². The van der Waals surface area contributed by atoms with Gasteiger partial charge in [-0.15, -0.1) is 0 Å². The average Bonchev–Trinajstić information content (AvgIpc) is 2.74. The molecule has 0 spiro atoms. The molecule has 21 heavy (non-hydrogen) atoms. The van der Waals surface area contributed by atoms with Crippen LogP contribution in [0.4, 0.5) is 0 Å². The number of carbonyl (C=O) groups excluding carboxylic acids is 1. The second-order valence-electron chi connectivity index (χ2n) is 5.86. The highest BCUT2D eigenvalue weighted by Crippen LogP contribution is 2.29. The molecule has 1 aromatic carbocycles. The van der Waals surface area contributed by atoms with Crippen molar-refractivity contribution in [2.24, 2.45) is 5.92 Å². The van der Waals surface area contributed by atoms with Crippen LogP contribution in [0.15, 0.2) is 18.2 Å². The number of H-pyrrole nitrogens is 1. The lowest BCUT2D eigenvalue weighted by molar-refractivity contribution is -0.139. The molecule has 0 radical (unpaired) electrons. The summed E-state index contributed by atoms with van der Waals surface area (Å²) in [7, 11) is 0. The van der Waals surface area contributed by atoms with Crippen LogP contribution >= 0.6 is 11.6 Å². The van der Waals surface area contributed by atoms with Gasteiger partial charge in [-0.05, 0) is 29.7 Å². The molecule has 5 heteroatoms. The molecule has 112 valence electrons. The molecular weight excluding hydrogens is 288 g/mol. The molecule has 0 aliphatic carbocycles. The fraction of sp³-hybridized carbons (Fsp3) is 0.438. The molecule has 0 bridgehead atoms. The molecule has 1 fully saturated rings. The Hall–Kier alpha value is -1.52. The zero-order valence-electron chi connectivity index (χ0n) is 12.2. The zero-order chi connectivity index (χ0) is 15.0. The van der Waals surface area contributed by atoms with Crippen LogP contribution in [0.1, 0.15) is 31.0 Å². The van der Waals surface area contributed by atoms with Crippen LogP contribution < -0.4 is 5.32 Å². The maximum atomic E-state index is 11.8. The quantitative estimate of drug-likeness (QED) is 0.911. The van der Waals surface area contributed by atoms with E-state index in [1.165, 1.54) is 0 Å². The van der Waals surface area contributed by atoms with Gasteiger partial charge in [-0.1, -0.05) is 25.4 Å². The number of benzene rings is 1. The van der Waals surface area contributed by atoms with Crippen LogP contribution in [0, 0.1) is 5.92 Å². The molecule has 1 aliphatic rings. The van der Waals surface area contributed by atoms with Crippen molar-refractivity contribution in [2.45, 2.75) is 26.3 Å². The van der Waals surface area contributed by atoms with Crippen molar-refractivity contribution in [1.82, 2.24) is 10.3 Å². The summed E-state index contributed by atoms with van der Waals surface area (Å²) < 4.78 is 5.02. The summed E-state index contributed by atoms with van der Waals surface area (Å²) >= 11 is 6.31. The van der Waals surface area contributed by atoms with Crippen LogP contribution in [0.3, 0.4) is 0 Å². The van der Waals surface area contributed by atoms with E-state index in [0.717, 1.165) is 27.2 Å². The van der Waals surface area contributed by atoms with Crippen LogP contribution in [-0.4, -0.2) is 24.1 Å². The van der Waals surface area contributed by atoms with Crippen molar-refractivity contribution in [3.63, 3.8) is 0 Å². The lowest BCUT2D eigenvalue weighted by atomic mass is 10.0. The summed E-state index contributed by atoms with van der Waals surface area (Å²) in [5.41, 5.74) is 3.17. The Morgan fingerprint density at radius 3 is 2.81 bits per heavy atom. The van der Waals surface area contributed by atoms with Crippen LogP contribution in [-0.2, 0) is 16.1 Å². The van der Waals surface area contributed by atoms with E-state index in [-0.39, 0.29) is 11.8 Å². The normalized spacial score (nSPS) is 15.4. The molecule has 1 aromatic heterocycles. The third-order valence-corrected chi connectivity index (χ3v) is 4.21. The first-order chi connectivity index (χ1) is 10.0. The van der Waals surface area contributed by atoms with Gasteiger partial charge in [0.1, 0.15) is 0 Å². The first-order valence-corrected chi connectivity index (χ1v) is 7.59. The Morgan fingerprint density at radius 1 is 1.43 bits per heavy atom. The van der Waals surface area contributed by atoms with Gasteiger partial charge in [0.05, 0.1) is 25.7 Å². The third-order valence-electron chi connectivity index (χ3n) is 3.88. The second kappa shape index (κ2) is 5.70. The van der Waals surface area contributed by atoms with Crippen molar-refractivity contribution >= 4 is 28.4 Å². The first-order valence-electron chi connectivity index (χ1n) is 7.21. The number of ether oxygens (including phenoxy) is 1. The maximum absolute atomic E-state index is 11.8. The number of aromatic nitrogens is 1. The number of amides is 1. The third kappa shape index (κ3) is 2.92. The molecule has 2 heterocycles. The smallest absolute Gasteiger partial charge is 0.228 e. The Labute approximate surface area is 128 Å². The molecule has 0 unspecified atom stereocenters. The van der Waals surface area contributed by atoms with Gasteiger partial charge in [-0.2, -0.15) is 0 Å². The van der Waals surface area contributed by atoms with E-state index >= 15 is 0 Å². The predicted octanol–water partition coefficient (Wildman–Crippen LogP) is 3.21. The van der Waals surface area contributed by atoms with Crippen LogP contribution in [0.5, 0.6) is 0 Å². The number of aromatic amines is 1. The molecule has 0 atom stereocenters. The number of fused-ring (bicyclic) bond motifs is 1. The summed E-state index contributed by atoms with van der Waals surface area (Å²) in [6.07, 6.45) is 0. The molecule has 0 saturated carbocycles. The zero-order valence-corrected chi connectivity index (χ0v) is 13.0. The Kier molecular flexibility index (Phi) is 3.91.